The average Bonchev–Trinajstić information content (AvgIpc) is 2.74. The first-order chi connectivity index (χ1) is 13.9. The summed E-state index contributed by atoms with van der Waals surface area (Å²) in [5.74, 6) is -0.282. The van der Waals surface area contributed by atoms with Gasteiger partial charge < -0.3 is 4.74 Å². The molecule has 0 aliphatic carbocycles. The van der Waals surface area contributed by atoms with Crippen LogP contribution in [0.5, 0.6) is 0 Å². The van der Waals surface area contributed by atoms with Gasteiger partial charge in [-0.05, 0) is 43.8 Å². The van der Waals surface area contributed by atoms with E-state index in [0.29, 0.717) is 11.1 Å². The Morgan fingerprint density at radius 2 is 1.23 bits per heavy atom. The fourth-order valence-corrected chi connectivity index (χ4v) is 4.38. The van der Waals surface area contributed by atoms with Crippen LogP contribution in [0.4, 0.5) is 4.79 Å². The third kappa shape index (κ3) is 3.03. The molecule has 0 aromatic rings. The molecule has 0 radical (unpaired) electrons. The Bertz CT molecular complexity index is 876. The van der Waals surface area contributed by atoms with Crippen LogP contribution in [0.3, 0.4) is 0 Å². The highest BCUT2D eigenvalue weighted by atomic mass is 16.6. The first-order valence-corrected chi connectivity index (χ1v) is 9.95. The molecule has 0 aromatic heterocycles. The molecule has 1 saturated heterocycles. The molecule has 2 rings (SSSR count). The Labute approximate surface area is 178 Å². The van der Waals surface area contributed by atoms with E-state index in [1.165, 1.54) is 4.90 Å². The largest absolute Gasteiger partial charge is 0.444 e. The van der Waals surface area contributed by atoms with Gasteiger partial charge in [0, 0.05) is 0 Å². The number of nitriles is 4. The maximum atomic E-state index is 13.4. The number of ether oxygens (including phenoxy) is 1. The maximum Gasteiger partial charge on any atom is 0.411 e. The van der Waals surface area contributed by atoms with Crippen molar-refractivity contribution in [1.82, 2.24) is 4.90 Å². The van der Waals surface area contributed by atoms with Crippen LogP contribution < -0.4 is 0 Å². The van der Waals surface area contributed by atoms with Gasteiger partial charge in [0.15, 0.2) is 0 Å². The minimum Gasteiger partial charge on any atom is -0.444 e. The molecule has 1 fully saturated rings. The third-order valence-corrected chi connectivity index (χ3v) is 5.74. The number of carbonyl (C=O) groups is 1. The summed E-state index contributed by atoms with van der Waals surface area (Å²) < 4.78 is 5.63. The van der Waals surface area contributed by atoms with Crippen LogP contribution in [0.15, 0.2) is 23.3 Å². The van der Waals surface area contributed by atoms with Gasteiger partial charge in [0.25, 0.3) is 0 Å². The van der Waals surface area contributed by atoms with Crippen molar-refractivity contribution in [1.29, 1.82) is 21.0 Å². The summed E-state index contributed by atoms with van der Waals surface area (Å²) in [4.78, 5) is 14.7. The second kappa shape index (κ2) is 7.51. The predicted molar refractivity (Wildman–Crippen MR) is 109 cm³/mol. The second-order valence-electron chi connectivity index (χ2n) is 9.40. The molecule has 2 heterocycles. The van der Waals surface area contributed by atoms with E-state index in [0.717, 1.165) is 0 Å². The molecule has 0 spiro atoms. The molecule has 2 bridgehead atoms. The number of fused-ring (bicyclic) bond motifs is 2. The van der Waals surface area contributed by atoms with Crippen LogP contribution in [0.2, 0.25) is 0 Å². The van der Waals surface area contributed by atoms with E-state index >= 15 is 0 Å². The molecule has 2 aliphatic heterocycles. The lowest BCUT2D eigenvalue weighted by Gasteiger charge is -2.35. The van der Waals surface area contributed by atoms with Crippen LogP contribution >= 0.6 is 0 Å². The van der Waals surface area contributed by atoms with Gasteiger partial charge in [0.1, 0.15) is 5.60 Å². The molecule has 0 aromatic carbocycles. The van der Waals surface area contributed by atoms with Crippen LogP contribution in [0, 0.1) is 68.0 Å². The molecule has 2 unspecified atom stereocenters. The smallest absolute Gasteiger partial charge is 0.411 e. The SMILES string of the molecule is CC(C)C1=CC=C(C(C)C)C2N(C(=O)OC(C)(C)C)C1C(C#N)(C#N)C2(C#N)C#N. The van der Waals surface area contributed by atoms with Crippen molar-refractivity contribution in [2.75, 3.05) is 0 Å². The van der Waals surface area contributed by atoms with Crippen molar-refractivity contribution in [2.45, 2.75) is 66.2 Å². The summed E-state index contributed by atoms with van der Waals surface area (Å²) in [6.45, 7) is 12.7. The second-order valence-corrected chi connectivity index (χ2v) is 9.40. The molecular formula is C23H27N5O2. The quantitative estimate of drug-likeness (QED) is 0.677. The Morgan fingerprint density at radius 3 is 1.47 bits per heavy atom. The molecule has 156 valence electrons. The van der Waals surface area contributed by atoms with Crippen LogP contribution in [-0.2, 0) is 4.74 Å². The van der Waals surface area contributed by atoms with Crippen LogP contribution in [-0.4, -0.2) is 28.7 Å². The summed E-state index contributed by atoms with van der Waals surface area (Å²) in [6, 6.07) is 5.78. The van der Waals surface area contributed by atoms with Crippen LogP contribution in [0.25, 0.3) is 0 Å². The fourth-order valence-electron chi connectivity index (χ4n) is 4.38. The number of rotatable bonds is 2. The molecular weight excluding hydrogens is 378 g/mol. The summed E-state index contributed by atoms with van der Waals surface area (Å²) in [7, 11) is 0. The van der Waals surface area contributed by atoms with E-state index in [2.05, 4.69) is 0 Å². The van der Waals surface area contributed by atoms with Gasteiger partial charge in [-0.15, -0.1) is 0 Å². The van der Waals surface area contributed by atoms with Crippen molar-refractivity contribution >= 4 is 6.09 Å². The minimum atomic E-state index is -2.07. The molecule has 30 heavy (non-hydrogen) atoms. The lowest BCUT2D eigenvalue weighted by atomic mass is 9.59. The molecule has 7 nitrogen and oxygen atoms in total. The molecule has 2 atom stereocenters. The Kier molecular flexibility index (Phi) is 5.76. The van der Waals surface area contributed by atoms with E-state index in [4.69, 9.17) is 4.74 Å². The molecule has 7 heteroatoms. The summed E-state index contributed by atoms with van der Waals surface area (Å²) in [6.07, 6.45) is 2.90. The highest BCUT2D eigenvalue weighted by molar-refractivity contribution is 5.75. The number of nitrogens with zero attached hydrogens (tertiary/aromatic N) is 5. The van der Waals surface area contributed by atoms with E-state index in [1.807, 2.05) is 64.1 Å². The Morgan fingerprint density at radius 1 is 0.900 bits per heavy atom. The van der Waals surface area contributed by atoms with Gasteiger partial charge in [0.05, 0.1) is 36.4 Å². The van der Waals surface area contributed by atoms with E-state index in [9.17, 15) is 25.8 Å². The first kappa shape index (κ1) is 23.0. The van der Waals surface area contributed by atoms with Crippen molar-refractivity contribution < 1.29 is 9.53 Å². The first-order valence-electron chi connectivity index (χ1n) is 9.95. The maximum absolute atomic E-state index is 13.4. The van der Waals surface area contributed by atoms with Gasteiger partial charge in [-0.3, -0.25) is 4.90 Å². The highest BCUT2D eigenvalue weighted by Gasteiger charge is 2.75. The zero-order valence-electron chi connectivity index (χ0n) is 18.5. The van der Waals surface area contributed by atoms with Crippen molar-refractivity contribution in [3.05, 3.63) is 23.3 Å². The van der Waals surface area contributed by atoms with Gasteiger partial charge in [-0.2, -0.15) is 21.0 Å². The Hall–Kier alpha value is -3.29. The topological polar surface area (TPSA) is 125 Å². The van der Waals surface area contributed by atoms with Gasteiger partial charge in [0.2, 0.25) is 10.8 Å². The van der Waals surface area contributed by atoms with Crippen molar-refractivity contribution in [2.24, 2.45) is 22.7 Å². The predicted octanol–water partition coefficient (Wildman–Crippen LogP) is 4.22. The highest BCUT2D eigenvalue weighted by Crippen LogP contribution is 2.60. The third-order valence-electron chi connectivity index (χ3n) is 5.74. The molecule has 1 amide bonds. The molecule has 0 N–H and O–H groups in total. The normalized spacial score (nSPS) is 24.0. The van der Waals surface area contributed by atoms with Crippen LogP contribution in [0.1, 0.15) is 48.5 Å². The monoisotopic (exact) mass is 405 g/mol. The van der Waals surface area contributed by atoms with Gasteiger partial charge in [-0.1, -0.05) is 39.8 Å². The summed E-state index contributed by atoms with van der Waals surface area (Å²) >= 11 is 0. The van der Waals surface area contributed by atoms with Crippen molar-refractivity contribution in [3.63, 3.8) is 0 Å². The van der Waals surface area contributed by atoms with Gasteiger partial charge >= 0.3 is 6.09 Å². The number of hydrogen-bond acceptors (Lipinski definition) is 6. The zero-order chi connectivity index (χ0) is 23.1. The molecule has 2 aliphatic rings. The number of amides is 1. The standard InChI is InChI=1S/C23H27N5O2/c1-14(2)16-8-9-17(15(3)4)19-23(12-26,13-27)22(10-24,11-25)18(16)28(19)20(29)30-21(5,6)7/h8-9,14-15,18-19H,1-7H3. The minimum absolute atomic E-state index is 0.141. The van der Waals surface area contributed by atoms with Crippen molar-refractivity contribution in [3.8, 4) is 24.3 Å². The van der Waals surface area contributed by atoms with Gasteiger partial charge in [-0.25, -0.2) is 4.79 Å². The van der Waals surface area contributed by atoms with E-state index in [-0.39, 0.29) is 11.8 Å². The van der Waals surface area contributed by atoms with E-state index < -0.39 is 34.6 Å². The number of carbonyl (C=O) groups excluding carboxylic acids is 1. The van der Waals surface area contributed by atoms with E-state index in [1.54, 1.807) is 20.8 Å². The zero-order valence-corrected chi connectivity index (χ0v) is 18.5. The Balaban J connectivity index is 3.01. The number of hydrogen-bond donors (Lipinski definition) is 0. The average molecular weight is 406 g/mol. The lowest BCUT2D eigenvalue weighted by molar-refractivity contribution is 0.0165. The summed E-state index contributed by atoms with van der Waals surface area (Å²) in [5.41, 5.74) is -3.70. The summed E-state index contributed by atoms with van der Waals surface area (Å²) in [5, 5.41) is 40.8. The molecule has 0 saturated carbocycles. The lowest BCUT2D eigenvalue weighted by Crippen LogP contribution is -2.48. The fraction of sp³-hybridized carbons (Fsp3) is 0.609. The number of allylic oxidation sites excluding steroid dienone is 2.